The Morgan fingerprint density at radius 2 is 2.07 bits per heavy atom. The number of hydrogen-bond donors (Lipinski definition) is 2. The normalized spacial score (nSPS) is 15.5. The molecule has 1 aliphatic heterocycles. The number of ether oxygens (including phenoxy) is 2. The van der Waals surface area contributed by atoms with Crippen LogP contribution >= 0.6 is 0 Å². The van der Waals surface area contributed by atoms with E-state index >= 15 is 0 Å². The van der Waals surface area contributed by atoms with Crippen LogP contribution < -0.4 is 20.9 Å². The van der Waals surface area contributed by atoms with Crippen LogP contribution in [0.4, 0.5) is 5.95 Å². The number of rotatable bonds is 6. The lowest BCUT2D eigenvalue weighted by Crippen LogP contribution is -2.39. The van der Waals surface area contributed by atoms with E-state index in [1.807, 2.05) is 36.1 Å². The third kappa shape index (κ3) is 3.96. The second kappa shape index (κ2) is 8.33. The van der Waals surface area contributed by atoms with E-state index in [1.54, 1.807) is 11.6 Å². The molecular weight excluding hydrogens is 390 g/mol. The molecule has 2 aromatic heterocycles. The van der Waals surface area contributed by atoms with Gasteiger partial charge in [0.1, 0.15) is 18.5 Å². The van der Waals surface area contributed by atoms with Crippen LogP contribution in [-0.2, 0) is 18.3 Å². The van der Waals surface area contributed by atoms with Crippen molar-refractivity contribution in [1.82, 2.24) is 19.1 Å². The van der Waals surface area contributed by atoms with E-state index in [0.29, 0.717) is 38.0 Å². The fraction of sp³-hybridized carbons (Fsp3) is 0.450. The first-order chi connectivity index (χ1) is 14.4. The second-order valence-electron chi connectivity index (χ2n) is 7.39. The van der Waals surface area contributed by atoms with E-state index in [-0.39, 0.29) is 24.3 Å². The Labute approximate surface area is 172 Å². The first kappa shape index (κ1) is 20.2. The maximum absolute atomic E-state index is 12.6. The van der Waals surface area contributed by atoms with Gasteiger partial charge in [0.2, 0.25) is 5.95 Å². The lowest BCUT2D eigenvalue weighted by molar-refractivity contribution is 0.0927. The number of aryl methyl sites for hydroxylation is 2. The molecule has 0 amide bonds. The Morgan fingerprint density at radius 1 is 1.30 bits per heavy atom. The molecule has 0 radical (unpaired) electrons. The average molecular weight is 415 g/mol. The molecule has 30 heavy (non-hydrogen) atoms. The summed E-state index contributed by atoms with van der Waals surface area (Å²) in [4.78, 5) is 33.5. The highest BCUT2D eigenvalue weighted by molar-refractivity contribution is 5.74. The number of aliphatic hydroxyl groups is 1. The molecule has 1 fully saturated rings. The van der Waals surface area contributed by atoms with Crippen molar-refractivity contribution >= 4 is 17.1 Å². The molecule has 3 heterocycles. The largest absolute Gasteiger partial charge is 0.491 e. The zero-order valence-electron chi connectivity index (χ0n) is 17.0. The summed E-state index contributed by atoms with van der Waals surface area (Å²) in [5, 5.41) is 10.7. The van der Waals surface area contributed by atoms with E-state index in [4.69, 9.17) is 9.47 Å². The van der Waals surface area contributed by atoms with Gasteiger partial charge in [-0.3, -0.25) is 14.3 Å². The number of hydrogen-bond acceptors (Lipinski definition) is 7. The van der Waals surface area contributed by atoms with Gasteiger partial charge in [0.05, 0.1) is 19.8 Å². The average Bonchev–Trinajstić information content (AvgIpc) is 3.11. The van der Waals surface area contributed by atoms with Crippen molar-refractivity contribution in [3.05, 3.63) is 50.7 Å². The van der Waals surface area contributed by atoms with E-state index < -0.39 is 17.4 Å². The predicted molar refractivity (Wildman–Crippen MR) is 111 cm³/mol. The van der Waals surface area contributed by atoms with Gasteiger partial charge in [0, 0.05) is 20.1 Å². The molecule has 3 aromatic rings. The predicted octanol–water partition coefficient (Wildman–Crippen LogP) is 0.00822. The Bertz CT molecular complexity index is 1160. The number of imidazole rings is 1. The van der Waals surface area contributed by atoms with Crippen molar-refractivity contribution in [3.8, 4) is 5.75 Å². The number of nitrogens with one attached hydrogen (secondary N) is 1. The summed E-state index contributed by atoms with van der Waals surface area (Å²) < 4.78 is 14.1. The number of nitrogens with zero attached hydrogens (tertiary/aromatic N) is 4. The lowest BCUT2D eigenvalue weighted by atomic mass is 10.2. The molecule has 1 aromatic carbocycles. The molecule has 0 aliphatic carbocycles. The SMILES string of the molecule is Cc1cccc(OC[C@@H](O)Cn2c(N3CCOCC3)nc3c2c(=O)[nH]c(=O)n3C)c1. The van der Waals surface area contributed by atoms with E-state index in [9.17, 15) is 14.7 Å². The molecule has 0 bridgehead atoms. The van der Waals surface area contributed by atoms with Crippen LogP contribution in [0.25, 0.3) is 11.2 Å². The Balaban J connectivity index is 1.66. The van der Waals surface area contributed by atoms with Crippen LogP contribution in [0.2, 0.25) is 0 Å². The number of aromatic nitrogens is 4. The van der Waals surface area contributed by atoms with Gasteiger partial charge in [-0.2, -0.15) is 4.98 Å². The molecular formula is C20H25N5O5. The van der Waals surface area contributed by atoms with Gasteiger partial charge in [-0.25, -0.2) is 4.79 Å². The van der Waals surface area contributed by atoms with Crippen molar-refractivity contribution < 1.29 is 14.6 Å². The number of aromatic amines is 1. The monoisotopic (exact) mass is 415 g/mol. The quantitative estimate of drug-likeness (QED) is 0.583. The molecule has 4 rings (SSSR count). The molecule has 1 saturated heterocycles. The molecule has 0 unspecified atom stereocenters. The number of benzene rings is 1. The molecule has 10 nitrogen and oxygen atoms in total. The second-order valence-corrected chi connectivity index (χ2v) is 7.39. The molecule has 1 aliphatic rings. The summed E-state index contributed by atoms with van der Waals surface area (Å²) in [6, 6.07) is 7.56. The van der Waals surface area contributed by atoms with E-state index in [2.05, 4.69) is 9.97 Å². The number of aliphatic hydroxyl groups excluding tert-OH is 1. The van der Waals surface area contributed by atoms with Gasteiger partial charge >= 0.3 is 5.69 Å². The van der Waals surface area contributed by atoms with Gasteiger partial charge in [-0.1, -0.05) is 12.1 Å². The Kier molecular flexibility index (Phi) is 5.60. The molecule has 1 atom stereocenters. The zero-order valence-corrected chi connectivity index (χ0v) is 17.0. The number of morpholine rings is 1. The van der Waals surface area contributed by atoms with Crippen LogP contribution in [0.3, 0.4) is 0 Å². The third-order valence-electron chi connectivity index (χ3n) is 5.11. The smallest absolute Gasteiger partial charge is 0.329 e. The van der Waals surface area contributed by atoms with Gasteiger partial charge in [-0.05, 0) is 24.6 Å². The van der Waals surface area contributed by atoms with Crippen molar-refractivity contribution in [3.63, 3.8) is 0 Å². The molecule has 0 spiro atoms. The third-order valence-corrected chi connectivity index (χ3v) is 5.11. The summed E-state index contributed by atoms with van der Waals surface area (Å²) in [5.74, 6) is 1.19. The van der Waals surface area contributed by atoms with Gasteiger partial charge < -0.3 is 24.0 Å². The molecule has 10 heteroatoms. The minimum atomic E-state index is -0.890. The molecule has 160 valence electrons. The Hall–Kier alpha value is -3.11. The first-order valence-electron chi connectivity index (χ1n) is 9.84. The molecule has 0 saturated carbocycles. The number of H-pyrrole nitrogens is 1. The van der Waals surface area contributed by atoms with E-state index in [1.165, 1.54) is 4.57 Å². The minimum Gasteiger partial charge on any atom is -0.491 e. The summed E-state index contributed by atoms with van der Waals surface area (Å²) in [5.41, 5.74) is 0.510. The summed E-state index contributed by atoms with van der Waals surface area (Å²) in [6.07, 6.45) is -0.890. The zero-order chi connectivity index (χ0) is 21.3. The molecule has 2 N–H and O–H groups in total. The highest BCUT2D eigenvalue weighted by Crippen LogP contribution is 2.21. The topological polar surface area (TPSA) is 115 Å². The summed E-state index contributed by atoms with van der Waals surface area (Å²) >= 11 is 0. The van der Waals surface area contributed by atoms with Crippen molar-refractivity contribution in [2.45, 2.75) is 19.6 Å². The standard InChI is InChI=1S/C20H25N5O5/c1-13-4-3-5-15(10-13)30-12-14(26)11-25-16-17(23(2)20(28)22-18(16)27)21-19(25)24-6-8-29-9-7-24/h3-5,10,14,26H,6-9,11-12H2,1-2H3,(H,22,27,28)/t14-/m0/s1. The number of anilines is 1. The summed E-state index contributed by atoms with van der Waals surface area (Å²) in [6.45, 7) is 4.39. The van der Waals surface area contributed by atoms with Crippen molar-refractivity contribution in [2.75, 3.05) is 37.8 Å². The first-order valence-corrected chi connectivity index (χ1v) is 9.84. The van der Waals surface area contributed by atoms with Gasteiger partial charge in [0.15, 0.2) is 11.2 Å². The van der Waals surface area contributed by atoms with Crippen LogP contribution in [-0.4, -0.2) is 63.2 Å². The van der Waals surface area contributed by atoms with Crippen LogP contribution in [0.5, 0.6) is 5.75 Å². The lowest BCUT2D eigenvalue weighted by Gasteiger charge is -2.28. The maximum Gasteiger partial charge on any atom is 0.329 e. The maximum atomic E-state index is 12.6. The highest BCUT2D eigenvalue weighted by Gasteiger charge is 2.24. The van der Waals surface area contributed by atoms with Gasteiger partial charge in [-0.15, -0.1) is 0 Å². The fourth-order valence-electron chi connectivity index (χ4n) is 3.56. The van der Waals surface area contributed by atoms with Crippen LogP contribution in [0, 0.1) is 6.92 Å². The van der Waals surface area contributed by atoms with Crippen LogP contribution in [0.15, 0.2) is 33.9 Å². The highest BCUT2D eigenvalue weighted by atomic mass is 16.5. The number of fused-ring (bicyclic) bond motifs is 1. The summed E-state index contributed by atoms with van der Waals surface area (Å²) in [7, 11) is 1.55. The van der Waals surface area contributed by atoms with Gasteiger partial charge in [0.25, 0.3) is 5.56 Å². The van der Waals surface area contributed by atoms with Crippen molar-refractivity contribution in [1.29, 1.82) is 0 Å². The van der Waals surface area contributed by atoms with Crippen molar-refractivity contribution in [2.24, 2.45) is 7.05 Å². The minimum absolute atomic E-state index is 0.0509. The Morgan fingerprint density at radius 3 is 2.80 bits per heavy atom. The fourth-order valence-corrected chi connectivity index (χ4v) is 3.56. The van der Waals surface area contributed by atoms with E-state index in [0.717, 1.165) is 5.56 Å². The van der Waals surface area contributed by atoms with Crippen LogP contribution in [0.1, 0.15) is 5.56 Å².